The lowest BCUT2D eigenvalue weighted by Gasteiger charge is -2.13. The van der Waals surface area contributed by atoms with Crippen LogP contribution in [0.1, 0.15) is 54.5 Å². The summed E-state index contributed by atoms with van der Waals surface area (Å²) in [6, 6.07) is 12.7. The number of benzene rings is 2. The van der Waals surface area contributed by atoms with Crippen molar-refractivity contribution in [3.63, 3.8) is 0 Å². The Morgan fingerprint density at radius 3 is 2.05 bits per heavy atom. The largest absolute Gasteiger partial charge is 0.427 e. The standard InChI is InChI=1S/C20H24O2/c1-13(2)18-8-6-17(7-9-18)12-20-14(3)10-19(11-15(20)4)22-16(5)21/h6-11,13H,12H2,1-5H3. The smallest absolute Gasteiger partial charge is 0.308 e. The number of carbonyl (C=O) groups is 1. The van der Waals surface area contributed by atoms with Gasteiger partial charge in [-0.15, -0.1) is 0 Å². The lowest BCUT2D eigenvalue weighted by Crippen LogP contribution is -2.04. The summed E-state index contributed by atoms with van der Waals surface area (Å²) in [7, 11) is 0. The van der Waals surface area contributed by atoms with Crippen LogP contribution in [0.15, 0.2) is 36.4 Å². The van der Waals surface area contributed by atoms with Crippen molar-refractivity contribution in [1.29, 1.82) is 0 Å². The number of rotatable bonds is 4. The van der Waals surface area contributed by atoms with Gasteiger partial charge in [0, 0.05) is 6.92 Å². The van der Waals surface area contributed by atoms with Crippen molar-refractivity contribution in [3.05, 3.63) is 64.2 Å². The van der Waals surface area contributed by atoms with Crippen molar-refractivity contribution in [3.8, 4) is 5.75 Å². The van der Waals surface area contributed by atoms with E-state index >= 15 is 0 Å². The molecule has 2 aromatic carbocycles. The summed E-state index contributed by atoms with van der Waals surface area (Å²) >= 11 is 0. The van der Waals surface area contributed by atoms with E-state index in [4.69, 9.17) is 4.74 Å². The van der Waals surface area contributed by atoms with Crippen LogP contribution in [-0.2, 0) is 11.2 Å². The summed E-state index contributed by atoms with van der Waals surface area (Å²) in [6.45, 7) is 9.97. The van der Waals surface area contributed by atoms with Crippen LogP contribution in [0.5, 0.6) is 5.75 Å². The molecule has 0 heterocycles. The fourth-order valence-electron chi connectivity index (χ4n) is 2.68. The van der Waals surface area contributed by atoms with Gasteiger partial charge >= 0.3 is 5.97 Å². The predicted octanol–water partition coefficient (Wildman–Crippen LogP) is 4.94. The second-order valence-corrected chi connectivity index (χ2v) is 6.20. The molecule has 0 aliphatic heterocycles. The van der Waals surface area contributed by atoms with Crippen molar-refractivity contribution in [2.75, 3.05) is 0 Å². The molecule has 0 bridgehead atoms. The molecule has 0 atom stereocenters. The molecule has 0 radical (unpaired) electrons. The molecular formula is C20H24O2. The molecule has 22 heavy (non-hydrogen) atoms. The number of aryl methyl sites for hydroxylation is 2. The molecule has 0 aliphatic carbocycles. The second-order valence-electron chi connectivity index (χ2n) is 6.20. The molecule has 0 aromatic heterocycles. The first-order valence-corrected chi connectivity index (χ1v) is 7.74. The predicted molar refractivity (Wildman–Crippen MR) is 90.6 cm³/mol. The lowest BCUT2D eigenvalue weighted by molar-refractivity contribution is -0.131. The molecule has 0 saturated heterocycles. The van der Waals surface area contributed by atoms with Crippen LogP contribution < -0.4 is 4.74 Å². The zero-order valence-corrected chi connectivity index (χ0v) is 14.1. The first kappa shape index (κ1) is 16.3. The van der Waals surface area contributed by atoms with Gasteiger partial charge in [0.2, 0.25) is 0 Å². The molecule has 0 amide bonds. The van der Waals surface area contributed by atoms with Crippen LogP contribution in [0.4, 0.5) is 0 Å². The van der Waals surface area contributed by atoms with Gasteiger partial charge in [-0.1, -0.05) is 38.1 Å². The third-order valence-corrected chi connectivity index (χ3v) is 3.96. The van der Waals surface area contributed by atoms with E-state index in [0.29, 0.717) is 11.7 Å². The van der Waals surface area contributed by atoms with Crippen molar-refractivity contribution in [2.45, 2.75) is 47.0 Å². The van der Waals surface area contributed by atoms with E-state index in [-0.39, 0.29) is 5.97 Å². The van der Waals surface area contributed by atoms with E-state index < -0.39 is 0 Å². The van der Waals surface area contributed by atoms with Crippen molar-refractivity contribution >= 4 is 5.97 Å². The molecular weight excluding hydrogens is 272 g/mol. The fraction of sp³-hybridized carbons (Fsp3) is 0.350. The van der Waals surface area contributed by atoms with Crippen LogP contribution in [-0.4, -0.2) is 5.97 Å². The average Bonchev–Trinajstić information content (AvgIpc) is 2.42. The summed E-state index contributed by atoms with van der Waals surface area (Å²) in [4.78, 5) is 11.1. The molecule has 2 aromatic rings. The minimum Gasteiger partial charge on any atom is -0.427 e. The Morgan fingerprint density at radius 1 is 1.05 bits per heavy atom. The highest BCUT2D eigenvalue weighted by molar-refractivity contribution is 5.69. The molecule has 0 aliphatic rings. The van der Waals surface area contributed by atoms with Crippen LogP contribution in [0.25, 0.3) is 0 Å². The van der Waals surface area contributed by atoms with Crippen LogP contribution in [0.3, 0.4) is 0 Å². The van der Waals surface area contributed by atoms with Crippen molar-refractivity contribution < 1.29 is 9.53 Å². The molecule has 0 saturated carbocycles. The number of esters is 1. The van der Waals surface area contributed by atoms with Crippen molar-refractivity contribution in [1.82, 2.24) is 0 Å². The van der Waals surface area contributed by atoms with Gasteiger partial charge in [0.25, 0.3) is 0 Å². The van der Waals surface area contributed by atoms with Crippen LogP contribution in [0.2, 0.25) is 0 Å². The zero-order valence-electron chi connectivity index (χ0n) is 14.1. The third-order valence-electron chi connectivity index (χ3n) is 3.96. The molecule has 0 fully saturated rings. The highest BCUT2D eigenvalue weighted by Crippen LogP contribution is 2.25. The van der Waals surface area contributed by atoms with Gasteiger partial charge in [0.05, 0.1) is 0 Å². The summed E-state index contributed by atoms with van der Waals surface area (Å²) < 4.78 is 5.18. The third kappa shape index (κ3) is 3.97. The highest BCUT2D eigenvalue weighted by atomic mass is 16.5. The molecule has 116 valence electrons. The Bertz CT molecular complexity index is 644. The molecule has 2 heteroatoms. The maximum absolute atomic E-state index is 11.1. The first-order valence-electron chi connectivity index (χ1n) is 7.74. The van der Waals surface area contributed by atoms with E-state index in [1.165, 1.54) is 23.6 Å². The van der Waals surface area contributed by atoms with E-state index in [1.54, 1.807) is 0 Å². The van der Waals surface area contributed by atoms with Crippen molar-refractivity contribution in [2.24, 2.45) is 0 Å². The number of ether oxygens (including phenoxy) is 1. The van der Waals surface area contributed by atoms with E-state index in [9.17, 15) is 4.79 Å². The molecule has 2 rings (SSSR count). The number of hydrogen-bond acceptors (Lipinski definition) is 2. The van der Waals surface area contributed by atoms with Gasteiger partial charge in [0.15, 0.2) is 0 Å². The minimum absolute atomic E-state index is 0.282. The number of hydrogen-bond donors (Lipinski definition) is 0. The molecule has 0 N–H and O–H groups in total. The zero-order chi connectivity index (χ0) is 16.3. The van der Waals surface area contributed by atoms with Gasteiger partial charge in [-0.3, -0.25) is 4.79 Å². The maximum atomic E-state index is 11.1. The lowest BCUT2D eigenvalue weighted by atomic mass is 9.94. The average molecular weight is 296 g/mol. The topological polar surface area (TPSA) is 26.3 Å². The Hall–Kier alpha value is -2.09. The summed E-state index contributed by atoms with van der Waals surface area (Å²) in [5, 5.41) is 0. The van der Waals surface area contributed by atoms with E-state index in [2.05, 4.69) is 52.0 Å². The second kappa shape index (κ2) is 6.78. The van der Waals surface area contributed by atoms with Gasteiger partial charge in [-0.05, 0) is 66.1 Å². The Labute approximate surface area is 133 Å². The van der Waals surface area contributed by atoms with E-state index in [1.807, 2.05) is 12.1 Å². The van der Waals surface area contributed by atoms with Crippen LogP contribution >= 0.6 is 0 Å². The maximum Gasteiger partial charge on any atom is 0.308 e. The fourth-order valence-corrected chi connectivity index (χ4v) is 2.68. The quantitative estimate of drug-likeness (QED) is 0.590. The summed E-state index contributed by atoms with van der Waals surface area (Å²) in [6.07, 6.45) is 0.899. The van der Waals surface area contributed by atoms with Crippen LogP contribution in [0, 0.1) is 13.8 Å². The Morgan fingerprint density at radius 2 is 1.59 bits per heavy atom. The SMILES string of the molecule is CC(=O)Oc1cc(C)c(Cc2ccc(C(C)C)cc2)c(C)c1. The normalized spacial score (nSPS) is 10.8. The Balaban J connectivity index is 2.24. The monoisotopic (exact) mass is 296 g/mol. The van der Waals surface area contributed by atoms with Gasteiger partial charge in [-0.25, -0.2) is 0 Å². The molecule has 0 spiro atoms. The highest BCUT2D eigenvalue weighted by Gasteiger charge is 2.09. The van der Waals surface area contributed by atoms with Gasteiger partial charge in [0.1, 0.15) is 5.75 Å². The minimum atomic E-state index is -0.282. The summed E-state index contributed by atoms with van der Waals surface area (Å²) in [5.41, 5.74) is 6.28. The van der Waals surface area contributed by atoms with Gasteiger partial charge in [-0.2, -0.15) is 0 Å². The Kier molecular flexibility index (Phi) is 5.02. The molecule has 2 nitrogen and oxygen atoms in total. The first-order chi connectivity index (χ1) is 10.4. The van der Waals surface area contributed by atoms with E-state index in [0.717, 1.165) is 17.5 Å². The number of carbonyl (C=O) groups excluding carboxylic acids is 1. The molecule has 0 unspecified atom stereocenters. The summed E-state index contributed by atoms with van der Waals surface area (Å²) in [5.74, 6) is 0.901. The van der Waals surface area contributed by atoms with Gasteiger partial charge < -0.3 is 4.74 Å².